The third-order valence-electron chi connectivity index (χ3n) is 6.95. The summed E-state index contributed by atoms with van der Waals surface area (Å²) in [5.41, 5.74) is 8.03. The minimum atomic E-state index is -1.04. The smallest absolute Gasteiger partial charge is 0.258 e. The number of amidine groups is 1. The lowest BCUT2D eigenvalue weighted by atomic mass is 9.87. The second-order valence-electron chi connectivity index (χ2n) is 10.4. The summed E-state index contributed by atoms with van der Waals surface area (Å²) in [6.45, 7) is 9.37. The fourth-order valence-corrected chi connectivity index (χ4v) is 4.90. The maximum Gasteiger partial charge on any atom is 0.258 e. The SMILES string of the molecule is CC1Oc2nc(cnc2N)C2=C(C#N)CC(C(C)C)N=C2CN2C(=O)C(C)(C)N=C2c2ccc(F)cc21. The number of nitrogens with two attached hydrogens (primary N) is 1. The first-order valence-electron chi connectivity index (χ1n) is 12.2. The van der Waals surface area contributed by atoms with Crippen molar-refractivity contribution < 1.29 is 13.9 Å². The van der Waals surface area contributed by atoms with Crippen LogP contribution in [0.4, 0.5) is 10.2 Å². The number of halogens is 1. The van der Waals surface area contributed by atoms with Gasteiger partial charge in [-0.1, -0.05) is 13.8 Å². The molecule has 5 rings (SSSR count). The molecule has 10 heteroatoms. The van der Waals surface area contributed by atoms with Crippen LogP contribution in [-0.4, -0.2) is 50.4 Å². The molecule has 9 nitrogen and oxygen atoms in total. The van der Waals surface area contributed by atoms with Crippen molar-refractivity contribution in [2.45, 2.75) is 58.7 Å². The minimum absolute atomic E-state index is 0.0650. The van der Waals surface area contributed by atoms with Crippen molar-refractivity contribution in [2.24, 2.45) is 15.9 Å². The Hall–Kier alpha value is -4.13. The van der Waals surface area contributed by atoms with Crippen LogP contribution in [-0.2, 0) is 4.79 Å². The van der Waals surface area contributed by atoms with E-state index >= 15 is 0 Å². The van der Waals surface area contributed by atoms with E-state index in [1.54, 1.807) is 31.7 Å². The van der Waals surface area contributed by atoms with Gasteiger partial charge in [-0.3, -0.25) is 19.7 Å². The van der Waals surface area contributed by atoms with Crippen LogP contribution in [0.15, 0.2) is 40.0 Å². The van der Waals surface area contributed by atoms with E-state index < -0.39 is 17.5 Å². The summed E-state index contributed by atoms with van der Waals surface area (Å²) in [5.74, 6) is 0.0205. The van der Waals surface area contributed by atoms with Gasteiger partial charge in [-0.05, 0) is 44.9 Å². The maximum atomic E-state index is 14.4. The fraction of sp³-hybridized carbons (Fsp3) is 0.407. The molecule has 190 valence electrons. The highest BCUT2D eigenvalue weighted by molar-refractivity contribution is 6.29. The first-order chi connectivity index (χ1) is 17.5. The molecule has 2 unspecified atom stereocenters. The molecule has 0 spiro atoms. The normalized spacial score (nSPS) is 22.5. The molecule has 0 fully saturated rings. The van der Waals surface area contributed by atoms with Crippen LogP contribution in [0.5, 0.6) is 5.88 Å². The number of hydrogen-bond donors (Lipinski definition) is 1. The molecule has 1 aromatic carbocycles. The molecule has 2 bridgehead atoms. The lowest BCUT2D eigenvalue weighted by Gasteiger charge is -2.30. The maximum absolute atomic E-state index is 14.4. The molecule has 0 saturated carbocycles. The Bertz CT molecular complexity index is 1450. The molecular weight excluding hydrogens is 473 g/mol. The molecule has 2 atom stereocenters. The highest BCUT2D eigenvalue weighted by Crippen LogP contribution is 2.36. The van der Waals surface area contributed by atoms with Crippen molar-refractivity contribution in [3.63, 3.8) is 0 Å². The zero-order chi connectivity index (χ0) is 26.6. The first kappa shape index (κ1) is 24.6. The van der Waals surface area contributed by atoms with Gasteiger partial charge in [-0.25, -0.2) is 14.4 Å². The summed E-state index contributed by atoms with van der Waals surface area (Å²) in [5, 5.41) is 10.1. The van der Waals surface area contributed by atoms with Crippen LogP contribution < -0.4 is 10.5 Å². The van der Waals surface area contributed by atoms with Gasteiger partial charge in [0.2, 0.25) is 0 Å². The summed E-state index contributed by atoms with van der Waals surface area (Å²) in [6.07, 6.45) is 1.22. The summed E-state index contributed by atoms with van der Waals surface area (Å²) >= 11 is 0. The van der Waals surface area contributed by atoms with Gasteiger partial charge in [0.25, 0.3) is 11.8 Å². The van der Waals surface area contributed by atoms with Gasteiger partial charge in [0.05, 0.1) is 36.3 Å². The highest BCUT2D eigenvalue weighted by atomic mass is 19.1. The molecular formula is C27H28FN7O2. The summed E-state index contributed by atoms with van der Waals surface area (Å²) in [4.78, 5) is 33.8. The molecule has 37 heavy (non-hydrogen) atoms. The van der Waals surface area contributed by atoms with Gasteiger partial charge in [-0.15, -0.1) is 0 Å². The zero-order valence-electron chi connectivity index (χ0n) is 21.4. The average molecular weight is 502 g/mol. The van der Waals surface area contributed by atoms with Crippen LogP contribution >= 0.6 is 0 Å². The Balaban J connectivity index is 1.80. The van der Waals surface area contributed by atoms with E-state index in [-0.39, 0.29) is 36.1 Å². The number of ether oxygens (including phenoxy) is 1. The van der Waals surface area contributed by atoms with Crippen LogP contribution in [0.25, 0.3) is 5.57 Å². The number of anilines is 1. The Kier molecular flexibility index (Phi) is 5.82. The zero-order valence-corrected chi connectivity index (χ0v) is 21.4. The predicted octanol–water partition coefficient (Wildman–Crippen LogP) is 3.87. The lowest BCUT2D eigenvalue weighted by molar-refractivity contribution is -0.129. The number of benzene rings is 1. The fourth-order valence-electron chi connectivity index (χ4n) is 4.90. The van der Waals surface area contributed by atoms with Crippen molar-refractivity contribution in [1.29, 1.82) is 5.26 Å². The monoisotopic (exact) mass is 501 g/mol. The molecule has 4 heterocycles. The van der Waals surface area contributed by atoms with Gasteiger partial charge in [0.1, 0.15) is 23.3 Å². The Labute approximate surface area is 214 Å². The minimum Gasteiger partial charge on any atom is -0.467 e. The Morgan fingerprint density at radius 3 is 2.78 bits per heavy atom. The number of nitrogen functional groups attached to an aromatic ring is 1. The van der Waals surface area contributed by atoms with Crippen LogP contribution in [0.1, 0.15) is 64.0 Å². The van der Waals surface area contributed by atoms with E-state index in [2.05, 4.69) is 16.0 Å². The van der Waals surface area contributed by atoms with Gasteiger partial charge in [0.15, 0.2) is 5.82 Å². The molecule has 1 amide bonds. The number of amides is 1. The number of dihydropyridines is 1. The summed E-state index contributed by atoms with van der Waals surface area (Å²) in [6, 6.07) is 6.47. The van der Waals surface area contributed by atoms with Crippen molar-refractivity contribution in [3.05, 3.63) is 52.6 Å². The first-order valence-corrected chi connectivity index (χ1v) is 12.2. The van der Waals surface area contributed by atoms with E-state index in [4.69, 9.17) is 20.5 Å². The van der Waals surface area contributed by atoms with Crippen molar-refractivity contribution in [1.82, 2.24) is 14.9 Å². The molecule has 0 aliphatic carbocycles. The topological polar surface area (TPSA) is 130 Å². The summed E-state index contributed by atoms with van der Waals surface area (Å²) in [7, 11) is 0. The van der Waals surface area contributed by atoms with Crippen LogP contribution in [0.2, 0.25) is 0 Å². The number of nitriles is 1. The quantitative estimate of drug-likeness (QED) is 0.631. The van der Waals surface area contributed by atoms with Gasteiger partial charge in [-0.2, -0.15) is 5.26 Å². The van der Waals surface area contributed by atoms with E-state index in [0.717, 1.165) is 0 Å². The number of hydrogen-bond acceptors (Lipinski definition) is 8. The molecule has 0 saturated heterocycles. The molecule has 2 N–H and O–H groups in total. The van der Waals surface area contributed by atoms with Crippen LogP contribution in [0, 0.1) is 23.1 Å². The number of carbonyl (C=O) groups excluding carboxylic acids is 1. The van der Waals surface area contributed by atoms with Crippen molar-refractivity contribution in [2.75, 3.05) is 12.3 Å². The second kappa shape index (κ2) is 8.76. The predicted molar refractivity (Wildman–Crippen MR) is 137 cm³/mol. The Morgan fingerprint density at radius 2 is 2.08 bits per heavy atom. The van der Waals surface area contributed by atoms with Gasteiger partial charge < -0.3 is 10.5 Å². The lowest BCUT2D eigenvalue weighted by Crippen LogP contribution is -2.44. The third kappa shape index (κ3) is 4.14. The second-order valence-corrected chi connectivity index (χ2v) is 10.4. The number of fused-ring (bicyclic) bond motifs is 7. The van der Waals surface area contributed by atoms with Gasteiger partial charge >= 0.3 is 0 Å². The molecule has 1 aromatic heterocycles. The molecule has 3 aliphatic rings. The highest BCUT2D eigenvalue weighted by Gasteiger charge is 2.44. The number of carbonyl (C=O) groups is 1. The number of rotatable bonds is 1. The van der Waals surface area contributed by atoms with E-state index in [1.165, 1.54) is 18.3 Å². The summed E-state index contributed by atoms with van der Waals surface area (Å²) < 4.78 is 20.5. The van der Waals surface area contributed by atoms with Crippen LogP contribution in [0.3, 0.4) is 0 Å². The molecule has 0 radical (unpaired) electrons. The van der Waals surface area contributed by atoms with Gasteiger partial charge in [0, 0.05) is 28.7 Å². The van der Waals surface area contributed by atoms with E-state index in [1.807, 2.05) is 13.8 Å². The standard InChI is InChI=1S/C27H28FN7O2/c1-13(2)19-8-15(10-29)22-20-11-31-23(30)25(33-20)37-14(3)18-9-16(28)6-7-17(18)24-34-27(4,5)26(36)35(24)12-21(22)32-19/h6-7,9,11,13-14,19H,8,12H2,1-5H3,(H2,30,31). The molecule has 2 aromatic rings. The number of nitrogens with zero attached hydrogens (tertiary/aromatic N) is 6. The number of aromatic nitrogens is 2. The number of aliphatic imine (C=N–C) groups is 2. The van der Waals surface area contributed by atoms with Crippen molar-refractivity contribution in [3.8, 4) is 11.9 Å². The van der Waals surface area contributed by atoms with E-state index in [0.29, 0.717) is 45.9 Å². The van der Waals surface area contributed by atoms with E-state index in [9.17, 15) is 14.4 Å². The largest absolute Gasteiger partial charge is 0.467 e. The Morgan fingerprint density at radius 1 is 1.32 bits per heavy atom. The molecule has 3 aliphatic heterocycles. The third-order valence-corrected chi connectivity index (χ3v) is 6.95. The van der Waals surface area contributed by atoms with Crippen molar-refractivity contribution >= 4 is 28.8 Å². The average Bonchev–Trinajstić information content (AvgIpc) is 3.07.